The first kappa shape index (κ1) is 12.2. The molecule has 4 heteroatoms. The van der Waals surface area contributed by atoms with Gasteiger partial charge in [-0.2, -0.15) is 0 Å². The van der Waals surface area contributed by atoms with E-state index in [-0.39, 0.29) is 5.78 Å². The quantitative estimate of drug-likeness (QED) is 0.356. The first-order valence-corrected chi connectivity index (χ1v) is 2.95. The first-order chi connectivity index (χ1) is 4.77. The Hall–Kier alpha value is -0.450. The van der Waals surface area contributed by atoms with E-state index in [1.807, 2.05) is 0 Å². The van der Waals surface area contributed by atoms with Gasteiger partial charge in [0.1, 0.15) is 5.78 Å². The highest BCUT2D eigenvalue weighted by molar-refractivity contribution is 5.75. The Labute approximate surface area is 60.4 Å². The molecule has 0 atom stereocenters. The van der Waals surface area contributed by atoms with Crippen LogP contribution >= 0.6 is 0 Å². The highest BCUT2D eigenvalue weighted by Crippen LogP contribution is 1.88. The van der Waals surface area contributed by atoms with E-state index in [0.29, 0.717) is 13.0 Å². The number of carbonyl (C=O) groups is 1. The Morgan fingerprint density at radius 1 is 1.50 bits per heavy atom. The molecule has 0 heterocycles. The zero-order chi connectivity index (χ0) is 8.41. The average molecular weight is 150 g/mol. The van der Waals surface area contributed by atoms with Crippen molar-refractivity contribution in [2.75, 3.05) is 13.7 Å². The molecule has 0 spiro atoms. The van der Waals surface area contributed by atoms with Crippen LogP contribution in [0.4, 0.5) is 0 Å². The van der Waals surface area contributed by atoms with Gasteiger partial charge in [-0.05, 0) is 13.3 Å². The van der Waals surface area contributed by atoms with E-state index in [1.165, 1.54) is 0 Å². The fourth-order valence-electron chi connectivity index (χ4n) is 0.465. The van der Waals surface area contributed by atoms with E-state index in [2.05, 4.69) is 0 Å². The van der Waals surface area contributed by atoms with Gasteiger partial charge in [0.25, 0.3) is 0 Å². The fraction of sp³-hybridized carbons (Fsp3) is 0.833. The SMILES string of the molecule is COCCCC(C)=O.OO. The molecule has 0 saturated heterocycles. The highest BCUT2D eigenvalue weighted by Gasteiger charge is 1.89. The molecule has 62 valence electrons. The molecular weight excluding hydrogens is 136 g/mol. The second-order valence-corrected chi connectivity index (χ2v) is 1.80. The summed E-state index contributed by atoms with van der Waals surface area (Å²) in [5, 5.41) is 12.0. The topological polar surface area (TPSA) is 66.8 Å². The van der Waals surface area contributed by atoms with E-state index >= 15 is 0 Å². The number of hydrogen-bond donors (Lipinski definition) is 2. The third-order valence-corrected chi connectivity index (χ3v) is 0.877. The smallest absolute Gasteiger partial charge is 0.129 e. The molecule has 0 fully saturated rings. The van der Waals surface area contributed by atoms with E-state index in [4.69, 9.17) is 15.3 Å². The zero-order valence-electron chi connectivity index (χ0n) is 6.33. The molecular formula is C6H14O4. The van der Waals surface area contributed by atoms with Crippen LogP contribution in [0.1, 0.15) is 19.8 Å². The van der Waals surface area contributed by atoms with Crippen LogP contribution < -0.4 is 0 Å². The largest absolute Gasteiger partial charge is 0.385 e. The van der Waals surface area contributed by atoms with Crippen molar-refractivity contribution in [3.05, 3.63) is 0 Å². The molecule has 0 aromatic carbocycles. The number of carbonyl (C=O) groups excluding carboxylic acids is 1. The van der Waals surface area contributed by atoms with Crippen LogP contribution in [-0.2, 0) is 9.53 Å². The summed E-state index contributed by atoms with van der Waals surface area (Å²) in [4.78, 5) is 10.3. The summed E-state index contributed by atoms with van der Waals surface area (Å²) in [6, 6.07) is 0. The highest BCUT2D eigenvalue weighted by atomic mass is 17.0. The lowest BCUT2D eigenvalue weighted by molar-refractivity contribution is -0.176. The summed E-state index contributed by atoms with van der Waals surface area (Å²) in [5.41, 5.74) is 0. The van der Waals surface area contributed by atoms with E-state index in [0.717, 1.165) is 6.42 Å². The van der Waals surface area contributed by atoms with Crippen LogP contribution in [0, 0.1) is 0 Å². The van der Waals surface area contributed by atoms with Gasteiger partial charge >= 0.3 is 0 Å². The zero-order valence-corrected chi connectivity index (χ0v) is 6.33. The average Bonchev–Trinajstić information content (AvgIpc) is 1.92. The molecule has 0 aromatic heterocycles. The first-order valence-electron chi connectivity index (χ1n) is 2.95. The van der Waals surface area contributed by atoms with Crippen LogP contribution in [0.25, 0.3) is 0 Å². The van der Waals surface area contributed by atoms with Crippen LogP contribution in [-0.4, -0.2) is 30.0 Å². The molecule has 0 unspecified atom stereocenters. The van der Waals surface area contributed by atoms with Crippen molar-refractivity contribution in [2.24, 2.45) is 0 Å². The normalized spacial score (nSPS) is 8.00. The van der Waals surface area contributed by atoms with Crippen molar-refractivity contribution >= 4 is 5.78 Å². The minimum Gasteiger partial charge on any atom is -0.385 e. The summed E-state index contributed by atoms with van der Waals surface area (Å²) >= 11 is 0. The van der Waals surface area contributed by atoms with Crippen molar-refractivity contribution in [3.8, 4) is 0 Å². The molecule has 0 aliphatic rings. The molecule has 0 bridgehead atoms. The maximum absolute atomic E-state index is 10.3. The van der Waals surface area contributed by atoms with Crippen LogP contribution in [0.2, 0.25) is 0 Å². The van der Waals surface area contributed by atoms with Crippen molar-refractivity contribution in [3.63, 3.8) is 0 Å². The second kappa shape index (κ2) is 11.4. The Bertz CT molecular complexity index is 72.1. The molecule has 0 saturated carbocycles. The molecule has 0 aliphatic carbocycles. The van der Waals surface area contributed by atoms with Gasteiger partial charge in [-0.1, -0.05) is 0 Å². The van der Waals surface area contributed by atoms with Gasteiger partial charge in [-0.25, -0.2) is 0 Å². The molecule has 0 amide bonds. The Morgan fingerprint density at radius 3 is 2.30 bits per heavy atom. The number of rotatable bonds is 4. The number of hydrogen-bond acceptors (Lipinski definition) is 4. The van der Waals surface area contributed by atoms with E-state index in [9.17, 15) is 4.79 Å². The third-order valence-electron chi connectivity index (χ3n) is 0.877. The van der Waals surface area contributed by atoms with Crippen molar-refractivity contribution in [1.29, 1.82) is 0 Å². The predicted octanol–water partition coefficient (Wildman–Crippen LogP) is 1.02. The number of methoxy groups -OCH3 is 1. The maximum atomic E-state index is 10.3. The molecule has 10 heavy (non-hydrogen) atoms. The molecule has 0 aliphatic heterocycles. The van der Waals surface area contributed by atoms with Gasteiger partial charge < -0.3 is 9.53 Å². The summed E-state index contributed by atoms with van der Waals surface area (Å²) in [5.74, 6) is 0.238. The van der Waals surface area contributed by atoms with Gasteiger partial charge in [0.05, 0.1) is 0 Å². The fourth-order valence-corrected chi connectivity index (χ4v) is 0.465. The van der Waals surface area contributed by atoms with Crippen LogP contribution in [0.5, 0.6) is 0 Å². The Kier molecular flexibility index (Phi) is 13.9. The predicted molar refractivity (Wildman–Crippen MR) is 37.0 cm³/mol. The lowest BCUT2D eigenvalue weighted by Gasteiger charge is -1.92. The lowest BCUT2D eigenvalue weighted by Crippen LogP contribution is -1.94. The van der Waals surface area contributed by atoms with E-state index in [1.54, 1.807) is 14.0 Å². The number of ether oxygens (including phenoxy) is 1. The molecule has 2 N–H and O–H groups in total. The van der Waals surface area contributed by atoms with Gasteiger partial charge in [0, 0.05) is 20.1 Å². The van der Waals surface area contributed by atoms with Crippen molar-refractivity contribution in [1.82, 2.24) is 0 Å². The molecule has 0 rings (SSSR count). The summed E-state index contributed by atoms with van der Waals surface area (Å²) in [7, 11) is 1.64. The third kappa shape index (κ3) is 15.6. The minimum absolute atomic E-state index is 0.238. The minimum atomic E-state index is 0.238. The van der Waals surface area contributed by atoms with Crippen LogP contribution in [0.15, 0.2) is 0 Å². The maximum Gasteiger partial charge on any atom is 0.129 e. The lowest BCUT2D eigenvalue weighted by atomic mass is 10.2. The summed E-state index contributed by atoms with van der Waals surface area (Å²) in [6.45, 7) is 2.29. The molecule has 0 aromatic rings. The standard InChI is InChI=1S/C6H12O2.H2O2/c1-6(7)4-3-5-8-2;1-2/h3-5H2,1-2H3;1-2H. The second-order valence-electron chi connectivity index (χ2n) is 1.80. The van der Waals surface area contributed by atoms with Crippen molar-refractivity contribution < 1.29 is 20.0 Å². The van der Waals surface area contributed by atoms with Gasteiger partial charge in [0.15, 0.2) is 0 Å². The van der Waals surface area contributed by atoms with Crippen molar-refractivity contribution in [2.45, 2.75) is 19.8 Å². The number of ketones is 1. The summed E-state index contributed by atoms with van der Waals surface area (Å²) in [6.07, 6.45) is 1.50. The van der Waals surface area contributed by atoms with Gasteiger partial charge in [0.2, 0.25) is 0 Å². The van der Waals surface area contributed by atoms with Gasteiger partial charge in [-0.3, -0.25) is 10.5 Å². The molecule has 4 nitrogen and oxygen atoms in total. The van der Waals surface area contributed by atoms with E-state index < -0.39 is 0 Å². The number of Topliss-reactive ketones (excluding diaryl/α,β-unsaturated/α-hetero) is 1. The molecule has 0 radical (unpaired) electrons. The Balaban J connectivity index is 0. The van der Waals surface area contributed by atoms with Crippen LogP contribution in [0.3, 0.4) is 0 Å². The van der Waals surface area contributed by atoms with Gasteiger partial charge in [-0.15, -0.1) is 0 Å². The monoisotopic (exact) mass is 150 g/mol. The summed E-state index contributed by atoms with van der Waals surface area (Å²) < 4.78 is 4.74. The Morgan fingerprint density at radius 2 is 2.00 bits per heavy atom.